The van der Waals surface area contributed by atoms with E-state index in [0.717, 1.165) is 38.2 Å². The number of unbranched alkanes of at least 4 members (excludes halogenated alkanes) is 3. The van der Waals surface area contributed by atoms with Gasteiger partial charge in [-0.05, 0) is 79.4 Å². The Labute approximate surface area is 282 Å². The summed E-state index contributed by atoms with van der Waals surface area (Å²) in [5.74, 6) is -17.8. The highest BCUT2D eigenvalue weighted by Gasteiger charge is 2.77. The first-order chi connectivity index (χ1) is 23.5. The monoisotopic (exact) mass is 718 g/mol. The number of rotatable bonds is 17. The number of alkyl halides is 7. The lowest BCUT2D eigenvalue weighted by molar-refractivity contribution is -0.348. The summed E-state index contributed by atoms with van der Waals surface area (Å²) >= 11 is 0. The Hall–Kier alpha value is -4.69. The van der Waals surface area contributed by atoms with Crippen molar-refractivity contribution in [2.24, 2.45) is 0 Å². The SMILES string of the molecule is CCCCCC[C@H](C)OC(=O)c1ccc(OC(=O)c2ccc(-c3ccc(OCCCOC(=O)C(F)(F)C(F)(F)C(F)(F)F)cc3)cc2F)cc1. The van der Waals surface area contributed by atoms with Crippen LogP contribution >= 0.6 is 0 Å². The molecule has 3 rings (SSSR count). The molecule has 3 aromatic rings. The van der Waals surface area contributed by atoms with Crippen LogP contribution in [0.15, 0.2) is 66.7 Å². The van der Waals surface area contributed by atoms with Gasteiger partial charge in [0.2, 0.25) is 0 Å². The first kappa shape index (κ1) is 39.7. The van der Waals surface area contributed by atoms with Crippen molar-refractivity contribution in [1.82, 2.24) is 0 Å². The molecule has 0 aromatic heterocycles. The predicted octanol–water partition coefficient (Wildman–Crippen LogP) is 9.37. The maximum Gasteiger partial charge on any atom is 0.460 e. The van der Waals surface area contributed by atoms with E-state index in [9.17, 15) is 49.5 Å². The standard InChI is InChI=1S/C35H34F8O7/c1-3-4-5-6-8-22(2)49-30(44)24-11-16-27(17-12-24)50-31(45)28-18-13-25(21-29(28)36)23-9-14-26(15-10-23)47-19-7-20-48-32(46)33(37,38)34(39,40)35(41,42)43/h9-18,21-22H,3-8,19-20H2,1-2H3/t22-/m0/s1. The zero-order valence-electron chi connectivity index (χ0n) is 27.0. The minimum atomic E-state index is -6.66. The van der Waals surface area contributed by atoms with Crippen LogP contribution in [0.5, 0.6) is 11.5 Å². The fourth-order valence-electron chi connectivity index (χ4n) is 4.40. The third kappa shape index (κ3) is 10.4. The molecule has 0 spiro atoms. The number of hydrogen-bond donors (Lipinski definition) is 0. The predicted molar refractivity (Wildman–Crippen MR) is 164 cm³/mol. The number of benzene rings is 3. The molecule has 0 unspecified atom stereocenters. The average Bonchev–Trinajstić information content (AvgIpc) is 3.06. The molecule has 0 aliphatic heterocycles. The number of esters is 3. The van der Waals surface area contributed by atoms with E-state index in [1.54, 1.807) is 0 Å². The molecule has 272 valence electrons. The van der Waals surface area contributed by atoms with E-state index in [0.29, 0.717) is 11.1 Å². The first-order valence-corrected chi connectivity index (χ1v) is 15.5. The average molecular weight is 719 g/mol. The number of carbonyl (C=O) groups is 3. The molecule has 0 fully saturated rings. The quantitative estimate of drug-likeness (QED) is 0.0595. The van der Waals surface area contributed by atoms with Gasteiger partial charge in [0.25, 0.3) is 0 Å². The zero-order chi connectivity index (χ0) is 37.1. The van der Waals surface area contributed by atoms with E-state index in [4.69, 9.17) is 14.2 Å². The van der Waals surface area contributed by atoms with Crippen molar-refractivity contribution < 1.29 is 68.5 Å². The molecule has 3 aromatic carbocycles. The van der Waals surface area contributed by atoms with E-state index in [1.165, 1.54) is 60.7 Å². The van der Waals surface area contributed by atoms with Crippen LogP contribution in [0.25, 0.3) is 11.1 Å². The first-order valence-electron chi connectivity index (χ1n) is 15.5. The van der Waals surface area contributed by atoms with E-state index in [1.807, 2.05) is 6.92 Å². The molecule has 0 saturated carbocycles. The molecule has 0 N–H and O–H groups in total. The van der Waals surface area contributed by atoms with Gasteiger partial charge in [0.1, 0.15) is 17.3 Å². The Balaban J connectivity index is 1.48. The van der Waals surface area contributed by atoms with Crippen molar-refractivity contribution in [3.8, 4) is 22.6 Å². The summed E-state index contributed by atoms with van der Waals surface area (Å²) in [6.07, 6.45) is -2.23. The molecule has 0 saturated heterocycles. The van der Waals surface area contributed by atoms with Crippen molar-refractivity contribution >= 4 is 17.9 Å². The largest absolute Gasteiger partial charge is 0.493 e. The fourth-order valence-corrected chi connectivity index (χ4v) is 4.40. The number of ether oxygens (including phenoxy) is 4. The Bertz CT molecular complexity index is 1590. The van der Waals surface area contributed by atoms with Gasteiger partial charge in [-0.1, -0.05) is 44.4 Å². The van der Waals surface area contributed by atoms with Crippen molar-refractivity contribution in [3.63, 3.8) is 0 Å². The van der Waals surface area contributed by atoms with Crippen molar-refractivity contribution in [1.29, 1.82) is 0 Å². The van der Waals surface area contributed by atoms with Crippen LogP contribution in [-0.4, -0.2) is 55.2 Å². The van der Waals surface area contributed by atoms with Gasteiger partial charge in [0.05, 0.1) is 30.4 Å². The highest BCUT2D eigenvalue weighted by Crippen LogP contribution is 2.47. The van der Waals surface area contributed by atoms with Crippen LogP contribution < -0.4 is 9.47 Å². The Kier molecular flexibility index (Phi) is 13.8. The summed E-state index contributed by atoms with van der Waals surface area (Å²) in [5, 5.41) is 0. The van der Waals surface area contributed by atoms with Gasteiger partial charge in [-0.3, -0.25) is 0 Å². The smallest absolute Gasteiger partial charge is 0.460 e. The second-order valence-corrected chi connectivity index (χ2v) is 11.2. The Morgan fingerprint density at radius 2 is 1.34 bits per heavy atom. The minimum absolute atomic E-state index is 0.0809. The second-order valence-electron chi connectivity index (χ2n) is 11.2. The van der Waals surface area contributed by atoms with E-state index in [2.05, 4.69) is 11.7 Å². The topological polar surface area (TPSA) is 88.1 Å². The van der Waals surface area contributed by atoms with Gasteiger partial charge in [-0.2, -0.15) is 30.7 Å². The number of hydrogen-bond acceptors (Lipinski definition) is 7. The Morgan fingerprint density at radius 1 is 0.720 bits per heavy atom. The molecule has 0 heterocycles. The summed E-state index contributed by atoms with van der Waals surface area (Å²) < 4.78 is 124. The van der Waals surface area contributed by atoms with E-state index in [-0.39, 0.29) is 41.8 Å². The molecular formula is C35H34F8O7. The molecule has 0 aliphatic carbocycles. The third-order valence-corrected chi connectivity index (χ3v) is 7.25. The van der Waals surface area contributed by atoms with E-state index < -0.39 is 48.4 Å². The molecule has 15 heteroatoms. The molecule has 0 amide bonds. The van der Waals surface area contributed by atoms with Gasteiger partial charge in [-0.15, -0.1) is 0 Å². The lowest BCUT2D eigenvalue weighted by atomic mass is 10.0. The van der Waals surface area contributed by atoms with E-state index >= 15 is 0 Å². The lowest BCUT2D eigenvalue weighted by Crippen LogP contribution is -2.56. The van der Waals surface area contributed by atoms with Crippen LogP contribution in [0.2, 0.25) is 0 Å². The Morgan fingerprint density at radius 3 is 1.94 bits per heavy atom. The highest BCUT2D eigenvalue weighted by atomic mass is 19.4. The van der Waals surface area contributed by atoms with Gasteiger partial charge >= 0.3 is 35.9 Å². The van der Waals surface area contributed by atoms with Gasteiger partial charge < -0.3 is 18.9 Å². The van der Waals surface area contributed by atoms with Crippen molar-refractivity contribution in [2.45, 2.75) is 76.5 Å². The van der Waals surface area contributed by atoms with Gasteiger partial charge in [0.15, 0.2) is 0 Å². The molecular weight excluding hydrogens is 684 g/mol. The van der Waals surface area contributed by atoms with Crippen LogP contribution in [0.3, 0.4) is 0 Å². The van der Waals surface area contributed by atoms with Crippen molar-refractivity contribution in [3.05, 3.63) is 83.7 Å². The minimum Gasteiger partial charge on any atom is -0.493 e. The maximum atomic E-state index is 14.9. The number of carbonyl (C=O) groups excluding carboxylic acids is 3. The molecule has 7 nitrogen and oxygen atoms in total. The third-order valence-electron chi connectivity index (χ3n) is 7.25. The van der Waals surface area contributed by atoms with Crippen LogP contribution in [0.1, 0.15) is 73.1 Å². The zero-order valence-corrected chi connectivity index (χ0v) is 27.0. The summed E-state index contributed by atoms with van der Waals surface area (Å²) in [4.78, 5) is 36.2. The molecule has 0 bridgehead atoms. The maximum absolute atomic E-state index is 14.9. The fraction of sp³-hybridized carbons (Fsp3) is 0.400. The molecule has 0 radical (unpaired) electrons. The summed E-state index contributed by atoms with van der Waals surface area (Å²) in [7, 11) is 0. The van der Waals surface area contributed by atoms with Crippen LogP contribution in [-0.2, 0) is 14.3 Å². The van der Waals surface area contributed by atoms with Crippen molar-refractivity contribution in [2.75, 3.05) is 13.2 Å². The molecule has 0 aliphatic rings. The van der Waals surface area contributed by atoms with Gasteiger partial charge in [0, 0.05) is 6.42 Å². The van der Waals surface area contributed by atoms with Crippen LogP contribution in [0, 0.1) is 5.82 Å². The summed E-state index contributed by atoms with van der Waals surface area (Å²) in [6, 6.07) is 15.3. The lowest BCUT2D eigenvalue weighted by Gasteiger charge is -2.26. The second kappa shape index (κ2) is 17.3. The molecule has 50 heavy (non-hydrogen) atoms. The molecule has 1 atom stereocenters. The normalized spacial score (nSPS) is 12.6. The highest BCUT2D eigenvalue weighted by molar-refractivity contribution is 5.92. The van der Waals surface area contributed by atoms with Gasteiger partial charge in [-0.25, -0.2) is 18.8 Å². The summed E-state index contributed by atoms with van der Waals surface area (Å²) in [6.45, 7) is 2.72. The number of halogens is 8. The summed E-state index contributed by atoms with van der Waals surface area (Å²) in [5.41, 5.74) is 0.782. The van der Waals surface area contributed by atoms with Crippen LogP contribution in [0.4, 0.5) is 35.1 Å².